The molecule has 25 heavy (non-hydrogen) atoms. The van der Waals surface area contributed by atoms with Crippen molar-refractivity contribution in [2.45, 2.75) is 45.4 Å². The van der Waals surface area contributed by atoms with Gasteiger partial charge in [0.05, 0.1) is 18.2 Å². The highest BCUT2D eigenvalue weighted by molar-refractivity contribution is 5.64. The molecule has 1 fully saturated rings. The molecule has 1 aliphatic carbocycles. The third-order valence-electron chi connectivity index (χ3n) is 5.36. The van der Waals surface area contributed by atoms with Gasteiger partial charge < -0.3 is 4.74 Å². The Kier molecular flexibility index (Phi) is 6.12. The lowest BCUT2D eigenvalue weighted by molar-refractivity contribution is 0.245. The lowest BCUT2D eigenvalue weighted by atomic mass is 9.81. The Morgan fingerprint density at radius 2 is 1.52 bits per heavy atom. The minimum atomic E-state index is 0.691. The van der Waals surface area contributed by atoms with Crippen LogP contribution in [0.25, 0.3) is 11.1 Å². The quantitative estimate of drug-likeness (QED) is 0.589. The standard InChI is InChI=1S/C23H27NO/c1-18-4-6-19(7-5-18)3-2-16-25-23-14-12-22(13-15-23)21-10-8-20(17-24)9-11-21/h8-15,18-19H,2-7,16H2,1H3. The number of hydrogen-bond donors (Lipinski definition) is 0. The molecule has 0 bridgehead atoms. The third kappa shape index (κ3) is 5.10. The van der Waals surface area contributed by atoms with Crippen molar-refractivity contribution in [2.75, 3.05) is 6.61 Å². The normalized spacial score (nSPS) is 20.0. The van der Waals surface area contributed by atoms with Crippen LogP contribution in [0, 0.1) is 23.2 Å². The first-order chi connectivity index (χ1) is 12.2. The predicted octanol–water partition coefficient (Wildman–Crippen LogP) is 6.21. The summed E-state index contributed by atoms with van der Waals surface area (Å²) in [5.74, 6) is 2.79. The van der Waals surface area contributed by atoms with Crippen LogP contribution in [0.4, 0.5) is 0 Å². The van der Waals surface area contributed by atoms with Crippen LogP contribution in [0.1, 0.15) is 51.0 Å². The molecule has 2 heteroatoms. The topological polar surface area (TPSA) is 33.0 Å². The van der Waals surface area contributed by atoms with E-state index in [0.717, 1.165) is 41.7 Å². The first-order valence-electron chi connectivity index (χ1n) is 9.48. The van der Waals surface area contributed by atoms with Crippen molar-refractivity contribution in [3.63, 3.8) is 0 Å². The zero-order valence-corrected chi connectivity index (χ0v) is 15.1. The summed E-state index contributed by atoms with van der Waals surface area (Å²) in [6, 6.07) is 18.1. The highest BCUT2D eigenvalue weighted by atomic mass is 16.5. The number of ether oxygens (including phenoxy) is 1. The van der Waals surface area contributed by atoms with Gasteiger partial charge in [0.15, 0.2) is 0 Å². The minimum Gasteiger partial charge on any atom is -0.494 e. The van der Waals surface area contributed by atoms with Crippen LogP contribution in [0.2, 0.25) is 0 Å². The van der Waals surface area contributed by atoms with E-state index >= 15 is 0 Å². The van der Waals surface area contributed by atoms with E-state index in [-0.39, 0.29) is 0 Å². The van der Waals surface area contributed by atoms with Gasteiger partial charge in [-0.3, -0.25) is 0 Å². The molecule has 0 heterocycles. The van der Waals surface area contributed by atoms with Crippen LogP contribution in [-0.2, 0) is 0 Å². The first kappa shape index (κ1) is 17.5. The van der Waals surface area contributed by atoms with Gasteiger partial charge in [-0.05, 0) is 60.1 Å². The molecule has 2 aromatic rings. The van der Waals surface area contributed by atoms with Crippen LogP contribution in [0.3, 0.4) is 0 Å². The van der Waals surface area contributed by atoms with Gasteiger partial charge in [0, 0.05) is 0 Å². The van der Waals surface area contributed by atoms with Gasteiger partial charge in [-0.1, -0.05) is 56.9 Å². The van der Waals surface area contributed by atoms with Gasteiger partial charge >= 0.3 is 0 Å². The van der Waals surface area contributed by atoms with Crippen molar-refractivity contribution in [1.82, 2.24) is 0 Å². The minimum absolute atomic E-state index is 0.691. The third-order valence-corrected chi connectivity index (χ3v) is 5.36. The summed E-state index contributed by atoms with van der Waals surface area (Å²) in [6.07, 6.45) is 8.07. The van der Waals surface area contributed by atoms with Crippen molar-refractivity contribution >= 4 is 0 Å². The summed E-state index contributed by atoms with van der Waals surface area (Å²) in [4.78, 5) is 0. The van der Waals surface area contributed by atoms with E-state index in [2.05, 4.69) is 25.1 Å². The van der Waals surface area contributed by atoms with Gasteiger partial charge in [0.25, 0.3) is 0 Å². The van der Waals surface area contributed by atoms with Crippen LogP contribution in [0.15, 0.2) is 48.5 Å². The second-order valence-corrected chi connectivity index (χ2v) is 7.33. The van der Waals surface area contributed by atoms with Crippen LogP contribution < -0.4 is 4.74 Å². The van der Waals surface area contributed by atoms with E-state index in [9.17, 15) is 0 Å². The molecule has 0 atom stereocenters. The molecule has 0 unspecified atom stereocenters. The SMILES string of the molecule is CC1CCC(CCCOc2ccc(-c3ccc(C#N)cc3)cc2)CC1. The Morgan fingerprint density at radius 3 is 2.12 bits per heavy atom. The zero-order chi connectivity index (χ0) is 17.5. The molecule has 0 N–H and O–H groups in total. The molecule has 0 saturated heterocycles. The molecule has 0 amide bonds. The summed E-state index contributed by atoms with van der Waals surface area (Å²) >= 11 is 0. The lowest BCUT2D eigenvalue weighted by Gasteiger charge is -2.25. The highest BCUT2D eigenvalue weighted by Gasteiger charge is 2.17. The molecule has 1 saturated carbocycles. The zero-order valence-electron chi connectivity index (χ0n) is 15.1. The van der Waals surface area contributed by atoms with Crippen molar-refractivity contribution in [3.8, 4) is 22.9 Å². The van der Waals surface area contributed by atoms with Crippen LogP contribution in [0.5, 0.6) is 5.75 Å². The molecule has 3 rings (SSSR count). The molecular weight excluding hydrogens is 306 g/mol. The van der Waals surface area contributed by atoms with Crippen molar-refractivity contribution < 1.29 is 4.74 Å². The van der Waals surface area contributed by atoms with E-state index in [0.29, 0.717) is 5.56 Å². The second kappa shape index (κ2) is 8.72. The summed E-state index contributed by atoms with van der Waals surface area (Å²) in [5, 5.41) is 8.87. The molecule has 0 aliphatic heterocycles. The molecule has 1 aliphatic rings. The predicted molar refractivity (Wildman–Crippen MR) is 102 cm³/mol. The van der Waals surface area contributed by atoms with Crippen molar-refractivity contribution in [2.24, 2.45) is 11.8 Å². The fraction of sp³-hybridized carbons (Fsp3) is 0.435. The maximum Gasteiger partial charge on any atom is 0.119 e. The highest BCUT2D eigenvalue weighted by Crippen LogP contribution is 2.31. The second-order valence-electron chi connectivity index (χ2n) is 7.33. The Morgan fingerprint density at radius 1 is 0.920 bits per heavy atom. The average molecular weight is 333 g/mol. The summed E-state index contributed by atoms with van der Waals surface area (Å²) in [7, 11) is 0. The largest absolute Gasteiger partial charge is 0.494 e. The Labute approximate surface area is 151 Å². The van der Waals surface area contributed by atoms with Crippen molar-refractivity contribution in [3.05, 3.63) is 54.1 Å². The van der Waals surface area contributed by atoms with E-state index in [1.807, 2.05) is 36.4 Å². The van der Waals surface area contributed by atoms with Gasteiger partial charge in [-0.2, -0.15) is 5.26 Å². The summed E-state index contributed by atoms with van der Waals surface area (Å²) < 4.78 is 5.90. The Balaban J connectivity index is 1.44. The van der Waals surface area contributed by atoms with Gasteiger partial charge in [0.1, 0.15) is 5.75 Å². The smallest absolute Gasteiger partial charge is 0.119 e. The number of hydrogen-bond acceptors (Lipinski definition) is 2. The number of benzene rings is 2. The first-order valence-corrected chi connectivity index (χ1v) is 9.48. The summed E-state index contributed by atoms with van der Waals surface area (Å²) in [5.41, 5.74) is 2.96. The number of nitriles is 1. The molecule has 0 aromatic heterocycles. The molecule has 0 radical (unpaired) electrons. The fourth-order valence-electron chi connectivity index (χ4n) is 3.66. The van der Waals surface area contributed by atoms with E-state index in [1.54, 1.807) is 0 Å². The average Bonchev–Trinajstić information content (AvgIpc) is 2.67. The maximum atomic E-state index is 8.87. The number of rotatable bonds is 6. The van der Waals surface area contributed by atoms with Gasteiger partial charge in [-0.15, -0.1) is 0 Å². The molecule has 130 valence electrons. The monoisotopic (exact) mass is 333 g/mol. The molecule has 0 spiro atoms. The van der Waals surface area contributed by atoms with Crippen molar-refractivity contribution in [1.29, 1.82) is 5.26 Å². The molecular formula is C23H27NO. The van der Waals surface area contributed by atoms with Crippen LogP contribution >= 0.6 is 0 Å². The van der Waals surface area contributed by atoms with Gasteiger partial charge in [-0.25, -0.2) is 0 Å². The van der Waals surface area contributed by atoms with E-state index in [1.165, 1.54) is 32.1 Å². The van der Waals surface area contributed by atoms with E-state index < -0.39 is 0 Å². The lowest BCUT2D eigenvalue weighted by Crippen LogP contribution is -2.13. The fourth-order valence-corrected chi connectivity index (χ4v) is 3.66. The Bertz CT molecular complexity index is 688. The number of nitrogens with zero attached hydrogens (tertiary/aromatic N) is 1. The molecule has 2 nitrogen and oxygen atoms in total. The maximum absolute atomic E-state index is 8.87. The van der Waals surface area contributed by atoms with E-state index in [4.69, 9.17) is 10.00 Å². The Hall–Kier alpha value is -2.27. The summed E-state index contributed by atoms with van der Waals surface area (Å²) in [6.45, 7) is 3.18. The molecule has 2 aromatic carbocycles. The van der Waals surface area contributed by atoms with Gasteiger partial charge in [0.2, 0.25) is 0 Å². The van der Waals surface area contributed by atoms with Crippen LogP contribution in [-0.4, -0.2) is 6.61 Å².